The number of hydrogen-bond acceptors (Lipinski definition) is 4. The van der Waals surface area contributed by atoms with Crippen molar-refractivity contribution in [2.75, 3.05) is 26.8 Å². The zero-order valence-corrected chi connectivity index (χ0v) is 20.6. The van der Waals surface area contributed by atoms with Gasteiger partial charge in [-0.25, -0.2) is 4.99 Å². The Hall–Kier alpha value is -2.00. The van der Waals surface area contributed by atoms with Gasteiger partial charge in [-0.1, -0.05) is 36.4 Å². The topological polar surface area (TPSA) is 64.1 Å². The van der Waals surface area contributed by atoms with Crippen LogP contribution in [0.2, 0.25) is 0 Å². The minimum atomic E-state index is -0.0552. The number of aliphatic imine (C=N–C) groups is 1. The van der Waals surface area contributed by atoms with Crippen molar-refractivity contribution in [1.29, 1.82) is 0 Å². The summed E-state index contributed by atoms with van der Waals surface area (Å²) in [6.45, 7) is 9.36. The molecule has 0 aliphatic carbocycles. The molecule has 0 radical (unpaired) electrons. The predicted octanol–water partition coefficient (Wildman–Crippen LogP) is 4.37. The summed E-state index contributed by atoms with van der Waals surface area (Å²) < 4.78 is 16.9. The summed E-state index contributed by atoms with van der Waals surface area (Å²) in [6.07, 6.45) is -0.0552. The maximum Gasteiger partial charge on any atom is 0.191 e. The van der Waals surface area contributed by atoms with Crippen LogP contribution >= 0.6 is 24.0 Å². The van der Waals surface area contributed by atoms with Crippen molar-refractivity contribution < 1.29 is 14.2 Å². The van der Waals surface area contributed by atoms with Crippen LogP contribution in [0.4, 0.5) is 0 Å². The third-order valence-corrected chi connectivity index (χ3v) is 4.29. The molecular weight excluding hydrogens is 493 g/mol. The van der Waals surface area contributed by atoms with Crippen molar-refractivity contribution in [1.82, 2.24) is 10.6 Å². The molecule has 7 heteroatoms. The van der Waals surface area contributed by atoms with Crippen LogP contribution in [0.3, 0.4) is 0 Å². The molecule has 30 heavy (non-hydrogen) atoms. The second-order valence-corrected chi connectivity index (χ2v) is 6.56. The van der Waals surface area contributed by atoms with Crippen LogP contribution < -0.4 is 20.1 Å². The van der Waals surface area contributed by atoms with Gasteiger partial charge in [-0.2, -0.15) is 0 Å². The normalized spacial score (nSPS) is 11.9. The lowest BCUT2D eigenvalue weighted by molar-refractivity contribution is 0.133. The van der Waals surface area contributed by atoms with E-state index in [1.165, 1.54) is 5.56 Å². The number of hydrogen-bond donors (Lipinski definition) is 2. The summed E-state index contributed by atoms with van der Waals surface area (Å²) in [6, 6.07) is 15.9. The lowest BCUT2D eigenvalue weighted by Crippen LogP contribution is -2.41. The molecule has 0 fully saturated rings. The Labute approximate surface area is 197 Å². The van der Waals surface area contributed by atoms with Gasteiger partial charge in [0.2, 0.25) is 0 Å². The summed E-state index contributed by atoms with van der Waals surface area (Å²) in [4.78, 5) is 4.72. The molecule has 1 atom stereocenters. The smallest absolute Gasteiger partial charge is 0.191 e. The summed E-state index contributed by atoms with van der Waals surface area (Å²) in [7, 11) is 1.64. The number of nitrogens with zero attached hydrogens (tertiary/aromatic N) is 1. The standard InChI is InChI=1S/C23H33N3O3.HI/c1-5-24-23(26-16-19-11-7-8-12-20(19)17-28-6-2)25-15-18(3)29-22-14-10-9-13-21(22)27-4;/h7-14,18H,5-6,15-17H2,1-4H3,(H2,24,25,26);1H. The van der Waals surface area contributed by atoms with Crippen molar-refractivity contribution in [3.8, 4) is 11.5 Å². The van der Waals surface area contributed by atoms with Crippen molar-refractivity contribution in [3.05, 3.63) is 59.7 Å². The predicted molar refractivity (Wildman–Crippen MR) is 133 cm³/mol. The van der Waals surface area contributed by atoms with Gasteiger partial charge >= 0.3 is 0 Å². The largest absolute Gasteiger partial charge is 0.493 e. The van der Waals surface area contributed by atoms with Crippen LogP contribution in [-0.4, -0.2) is 38.9 Å². The minimum absolute atomic E-state index is 0. The number of halogens is 1. The van der Waals surface area contributed by atoms with Gasteiger partial charge in [-0.05, 0) is 44.0 Å². The van der Waals surface area contributed by atoms with E-state index in [9.17, 15) is 0 Å². The van der Waals surface area contributed by atoms with E-state index < -0.39 is 0 Å². The molecule has 0 saturated carbocycles. The van der Waals surface area contributed by atoms with Crippen molar-refractivity contribution in [2.24, 2.45) is 4.99 Å². The molecule has 0 aliphatic heterocycles. The van der Waals surface area contributed by atoms with Gasteiger partial charge < -0.3 is 24.8 Å². The van der Waals surface area contributed by atoms with Crippen LogP contribution in [0, 0.1) is 0 Å². The molecule has 166 valence electrons. The fraction of sp³-hybridized carbons (Fsp3) is 0.435. The Morgan fingerprint density at radius 1 is 0.967 bits per heavy atom. The van der Waals surface area contributed by atoms with Crippen LogP contribution in [0.1, 0.15) is 31.9 Å². The molecular formula is C23H34IN3O3. The molecule has 0 bridgehead atoms. The van der Waals surface area contributed by atoms with E-state index in [1.807, 2.05) is 50.2 Å². The van der Waals surface area contributed by atoms with Crippen LogP contribution in [0.15, 0.2) is 53.5 Å². The van der Waals surface area contributed by atoms with Crippen molar-refractivity contribution >= 4 is 29.9 Å². The van der Waals surface area contributed by atoms with Gasteiger partial charge in [0, 0.05) is 13.2 Å². The zero-order valence-electron chi connectivity index (χ0n) is 18.3. The molecule has 2 N–H and O–H groups in total. The first-order valence-electron chi connectivity index (χ1n) is 10.1. The molecule has 0 spiro atoms. The number of nitrogens with one attached hydrogen (secondary N) is 2. The molecule has 6 nitrogen and oxygen atoms in total. The maximum absolute atomic E-state index is 6.00. The number of methoxy groups -OCH3 is 1. The summed E-state index contributed by atoms with van der Waals surface area (Å²) >= 11 is 0. The summed E-state index contributed by atoms with van der Waals surface area (Å²) in [5, 5.41) is 6.64. The lowest BCUT2D eigenvalue weighted by atomic mass is 10.1. The third kappa shape index (κ3) is 8.79. The van der Waals surface area contributed by atoms with E-state index in [2.05, 4.69) is 29.7 Å². The van der Waals surface area contributed by atoms with E-state index in [4.69, 9.17) is 19.2 Å². The Morgan fingerprint density at radius 3 is 2.30 bits per heavy atom. The third-order valence-electron chi connectivity index (χ3n) is 4.29. The van der Waals surface area contributed by atoms with Gasteiger partial charge in [0.15, 0.2) is 17.5 Å². The highest BCUT2D eigenvalue weighted by atomic mass is 127. The fourth-order valence-corrected chi connectivity index (χ4v) is 2.79. The highest BCUT2D eigenvalue weighted by Gasteiger charge is 2.09. The first-order valence-corrected chi connectivity index (χ1v) is 10.1. The number of benzene rings is 2. The van der Waals surface area contributed by atoms with E-state index >= 15 is 0 Å². The molecule has 2 rings (SSSR count). The SMILES string of the molecule is CCNC(=NCc1ccccc1COCC)NCC(C)Oc1ccccc1OC.I. The number of para-hydroxylation sites is 2. The molecule has 0 heterocycles. The van der Waals surface area contributed by atoms with Gasteiger partial charge in [0.25, 0.3) is 0 Å². The molecule has 0 amide bonds. The molecule has 0 saturated heterocycles. The van der Waals surface area contributed by atoms with Gasteiger partial charge in [0.05, 0.1) is 26.8 Å². The maximum atomic E-state index is 6.00. The fourth-order valence-electron chi connectivity index (χ4n) is 2.79. The second kappa shape index (κ2) is 14.9. The average molecular weight is 527 g/mol. The second-order valence-electron chi connectivity index (χ2n) is 6.56. The van der Waals surface area contributed by atoms with E-state index in [1.54, 1.807) is 7.11 Å². The van der Waals surface area contributed by atoms with Crippen molar-refractivity contribution in [2.45, 2.75) is 40.0 Å². The first kappa shape index (κ1) is 26.0. The van der Waals surface area contributed by atoms with Crippen LogP contribution in [0.5, 0.6) is 11.5 Å². The van der Waals surface area contributed by atoms with E-state index in [-0.39, 0.29) is 30.1 Å². The Balaban J connectivity index is 0.00000450. The molecule has 1 unspecified atom stereocenters. The molecule has 2 aromatic rings. The van der Waals surface area contributed by atoms with Crippen molar-refractivity contribution in [3.63, 3.8) is 0 Å². The number of ether oxygens (including phenoxy) is 3. The average Bonchev–Trinajstić information content (AvgIpc) is 2.75. The number of rotatable bonds is 11. The van der Waals surface area contributed by atoms with Gasteiger partial charge in [-0.3, -0.25) is 0 Å². The lowest BCUT2D eigenvalue weighted by Gasteiger charge is -2.19. The zero-order chi connectivity index (χ0) is 20.9. The molecule has 0 aromatic heterocycles. The Kier molecular flexibility index (Phi) is 12.9. The van der Waals surface area contributed by atoms with E-state index in [0.717, 1.165) is 29.6 Å². The van der Waals surface area contributed by atoms with Gasteiger partial charge in [0.1, 0.15) is 6.10 Å². The first-order chi connectivity index (χ1) is 14.2. The summed E-state index contributed by atoms with van der Waals surface area (Å²) in [5.41, 5.74) is 2.33. The number of guanidine groups is 1. The van der Waals surface area contributed by atoms with Crippen LogP contribution in [-0.2, 0) is 17.9 Å². The molecule has 0 aliphatic rings. The van der Waals surface area contributed by atoms with E-state index in [0.29, 0.717) is 26.3 Å². The highest BCUT2D eigenvalue weighted by molar-refractivity contribution is 14.0. The van der Waals surface area contributed by atoms with Gasteiger partial charge in [-0.15, -0.1) is 24.0 Å². The minimum Gasteiger partial charge on any atom is -0.493 e. The quantitative estimate of drug-likeness (QED) is 0.258. The summed E-state index contributed by atoms with van der Waals surface area (Å²) in [5.74, 6) is 2.22. The monoisotopic (exact) mass is 527 g/mol. The van der Waals surface area contributed by atoms with Crippen LogP contribution in [0.25, 0.3) is 0 Å². The molecule has 2 aromatic carbocycles. The Morgan fingerprint density at radius 2 is 1.63 bits per heavy atom. The Bertz CT molecular complexity index is 771. The highest BCUT2D eigenvalue weighted by Crippen LogP contribution is 2.26.